The Hall–Kier alpha value is -2.49. The maximum absolute atomic E-state index is 13.1. The number of rotatable bonds is 5. The SMILES string of the molecule is Cc1ccc(C)c(Oc2ccc([N+](=O)[O-])cc2S(=O)(=O)N2CCOCC2)c1. The molecule has 0 aromatic heterocycles. The van der Waals surface area contributed by atoms with E-state index in [0.29, 0.717) is 5.75 Å². The number of nitrogens with zero attached hydrogens (tertiary/aromatic N) is 2. The molecule has 1 heterocycles. The number of morpholine rings is 1. The predicted octanol–water partition coefficient (Wildman–Crippen LogP) is 3.02. The van der Waals surface area contributed by atoms with Gasteiger partial charge in [0.05, 0.1) is 18.1 Å². The molecule has 1 aliphatic rings. The third kappa shape index (κ3) is 4.10. The molecule has 1 aliphatic heterocycles. The highest BCUT2D eigenvalue weighted by molar-refractivity contribution is 7.89. The zero-order valence-corrected chi connectivity index (χ0v) is 15.9. The molecule has 3 rings (SSSR count). The van der Waals surface area contributed by atoms with Crippen LogP contribution in [-0.2, 0) is 14.8 Å². The molecule has 0 spiro atoms. The molecule has 2 aromatic rings. The van der Waals surface area contributed by atoms with Crippen LogP contribution in [0.25, 0.3) is 0 Å². The Kier molecular flexibility index (Phi) is 5.45. The van der Waals surface area contributed by atoms with Gasteiger partial charge in [0, 0.05) is 25.2 Å². The molecule has 0 saturated carbocycles. The van der Waals surface area contributed by atoms with Crippen molar-refractivity contribution < 1.29 is 22.8 Å². The molecule has 0 atom stereocenters. The van der Waals surface area contributed by atoms with Crippen LogP contribution >= 0.6 is 0 Å². The predicted molar refractivity (Wildman–Crippen MR) is 98.7 cm³/mol. The number of hydrogen-bond acceptors (Lipinski definition) is 6. The van der Waals surface area contributed by atoms with E-state index in [2.05, 4.69) is 0 Å². The number of ether oxygens (including phenoxy) is 2. The highest BCUT2D eigenvalue weighted by atomic mass is 32.2. The molecule has 8 nitrogen and oxygen atoms in total. The number of non-ortho nitro benzene ring substituents is 1. The van der Waals surface area contributed by atoms with Crippen LogP contribution in [0, 0.1) is 24.0 Å². The molecule has 0 N–H and O–H groups in total. The smallest absolute Gasteiger partial charge is 0.271 e. The summed E-state index contributed by atoms with van der Waals surface area (Å²) in [6.07, 6.45) is 0. The van der Waals surface area contributed by atoms with E-state index < -0.39 is 14.9 Å². The second kappa shape index (κ2) is 7.63. The van der Waals surface area contributed by atoms with Gasteiger partial charge >= 0.3 is 0 Å². The Morgan fingerprint density at radius 2 is 1.78 bits per heavy atom. The molecule has 1 fully saturated rings. The third-order valence-corrected chi connectivity index (χ3v) is 6.21. The summed E-state index contributed by atoms with van der Waals surface area (Å²) in [5.74, 6) is 0.558. The molecule has 0 bridgehead atoms. The number of sulfonamides is 1. The van der Waals surface area contributed by atoms with Crippen molar-refractivity contribution in [2.45, 2.75) is 18.7 Å². The molecule has 0 amide bonds. The van der Waals surface area contributed by atoms with Crippen LogP contribution in [0.4, 0.5) is 5.69 Å². The number of hydrogen-bond donors (Lipinski definition) is 0. The van der Waals surface area contributed by atoms with Crippen molar-refractivity contribution in [1.29, 1.82) is 0 Å². The summed E-state index contributed by atoms with van der Waals surface area (Å²) >= 11 is 0. The van der Waals surface area contributed by atoms with Gasteiger partial charge < -0.3 is 9.47 Å². The first-order valence-corrected chi connectivity index (χ1v) is 9.84. The Morgan fingerprint density at radius 3 is 2.44 bits per heavy atom. The summed E-state index contributed by atoms with van der Waals surface area (Å²) in [6, 6.07) is 9.19. The van der Waals surface area contributed by atoms with Crippen molar-refractivity contribution in [2.24, 2.45) is 0 Å². The lowest BCUT2D eigenvalue weighted by atomic mass is 10.1. The second-order valence-corrected chi connectivity index (χ2v) is 8.18. The fourth-order valence-corrected chi connectivity index (χ4v) is 4.30. The molecular formula is C18H20N2O6S. The van der Waals surface area contributed by atoms with Crippen molar-refractivity contribution in [3.05, 3.63) is 57.6 Å². The lowest BCUT2D eigenvalue weighted by molar-refractivity contribution is -0.385. The number of benzene rings is 2. The maximum Gasteiger partial charge on any atom is 0.271 e. The van der Waals surface area contributed by atoms with Gasteiger partial charge in [-0.1, -0.05) is 12.1 Å². The number of nitro benzene ring substituents is 1. The van der Waals surface area contributed by atoms with Crippen molar-refractivity contribution in [2.75, 3.05) is 26.3 Å². The van der Waals surface area contributed by atoms with Gasteiger partial charge in [-0.3, -0.25) is 10.1 Å². The minimum atomic E-state index is -3.97. The Labute approximate surface area is 157 Å². The van der Waals surface area contributed by atoms with E-state index in [9.17, 15) is 18.5 Å². The molecule has 27 heavy (non-hydrogen) atoms. The molecular weight excluding hydrogens is 372 g/mol. The Bertz CT molecular complexity index is 968. The number of aryl methyl sites for hydroxylation is 2. The molecule has 144 valence electrons. The van der Waals surface area contributed by atoms with Gasteiger partial charge in [-0.05, 0) is 37.1 Å². The van der Waals surface area contributed by atoms with E-state index in [1.807, 2.05) is 26.0 Å². The van der Waals surface area contributed by atoms with Crippen LogP contribution < -0.4 is 4.74 Å². The first-order valence-electron chi connectivity index (χ1n) is 8.40. The van der Waals surface area contributed by atoms with Gasteiger partial charge in [-0.2, -0.15) is 4.31 Å². The molecule has 0 aliphatic carbocycles. The highest BCUT2D eigenvalue weighted by Crippen LogP contribution is 2.35. The van der Waals surface area contributed by atoms with E-state index in [-0.39, 0.29) is 42.6 Å². The lowest BCUT2D eigenvalue weighted by Crippen LogP contribution is -2.40. The number of nitro groups is 1. The first-order chi connectivity index (χ1) is 12.8. The van der Waals surface area contributed by atoms with Crippen molar-refractivity contribution >= 4 is 15.7 Å². The summed E-state index contributed by atoms with van der Waals surface area (Å²) in [5, 5.41) is 11.2. The standard InChI is InChI=1S/C18H20N2O6S/c1-13-3-4-14(2)17(11-13)26-16-6-5-15(20(21)22)12-18(16)27(23,24)19-7-9-25-10-8-19/h3-6,11-12H,7-10H2,1-2H3. The van der Waals surface area contributed by atoms with Gasteiger partial charge in [0.2, 0.25) is 10.0 Å². The monoisotopic (exact) mass is 392 g/mol. The minimum absolute atomic E-state index is 0.0563. The summed E-state index contributed by atoms with van der Waals surface area (Å²) in [4.78, 5) is 10.3. The Balaban J connectivity index is 2.08. The van der Waals surface area contributed by atoms with Crippen LogP contribution in [0.15, 0.2) is 41.3 Å². The van der Waals surface area contributed by atoms with E-state index in [1.165, 1.54) is 16.4 Å². The lowest BCUT2D eigenvalue weighted by Gasteiger charge is -2.26. The van der Waals surface area contributed by atoms with Gasteiger partial charge in [-0.15, -0.1) is 0 Å². The maximum atomic E-state index is 13.1. The van der Waals surface area contributed by atoms with Gasteiger partial charge in [0.1, 0.15) is 16.4 Å². The zero-order chi connectivity index (χ0) is 19.6. The van der Waals surface area contributed by atoms with E-state index >= 15 is 0 Å². The van der Waals surface area contributed by atoms with Crippen molar-refractivity contribution in [1.82, 2.24) is 4.31 Å². The van der Waals surface area contributed by atoms with Crippen LogP contribution in [-0.4, -0.2) is 43.9 Å². The average Bonchev–Trinajstić information content (AvgIpc) is 2.65. The fourth-order valence-electron chi connectivity index (χ4n) is 2.76. The summed E-state index contributed by atoms with van der Waals surface area (Å²) in [5.41, 5.74) is 1.47. The second-order valence-electron chi connectivity index (χ2n) is 6.28. The molecule has 0 radical (unpaired) electrons. The summed E-state index contributed by atoms with van der Waals surface area (Å²) in [6.45, 7) is 4.67. The molecule has 9 heteroatoms. The summed E-state index contributed by atoms with van der Waals surface area (Å²) in [7, 11) is -3.97. The van der Waals surface area contributed by atoms with Crippen molar-refractivity contribution in [3.8, 4) is 11.5 Å². The third-order valence-electron chi connectivity index (χ3n) is 4.29. The summed E-state index contributed by atoms with van der Waals surface area (Å²) < 4.78 is 38.5. The van der Waals surface area contributed by atoms with Crippen LogP contribution in [0.1, 0.15) is 11.1 Å². The molecule has 2 aromatic carbocycles. The van der Waals surface area contributed by atoms with Gasteiger partial charge in [-0.25, -0.2) is 8.42 Å². The zero-order valence-electron chi connectivity index (χ0n) is 15.0. The van der Waals surface area contributed by atoms with E-state index in [4.69, 9.17) is 9.47 Å². The van der Waals surface area contributed by atoms with E-state index in [0.717, 1.165) is 17.2 Å². The largest absolute Gasteiger partial charge is 0.456 e. The van der Waals surface area contributed by atoms with Crippen LogP contribution in [0.5, 0.6) is 11.5 Å². The van der Waals surface area contributed by atoms with Crippen LogP contribution in [0.2, 0.25) is 0 Å². The normalized spacial score (nSPS) is 15.5. The topological polar surface area (TPSA) is 99.0 Å². The van der Waals surface area contributed by atoms with E-state index in [1.54, 1.807) is 6.07 Å². The first kappa shape index (κ1) is 19.3. The fraction of sp³-hybridized carbons (Fsp3) is 0.333. The minimum Gasteiger partial charge on any atom is -0.456 e. The van der Waals surface area contributed by atoms with Gasteiger partial charge in [0.15, 0.2) is 0 Å². The molecule has 0 unspecified atom stereocenters. The molecule has 1 saturated heterocycles. The van der Waals surface area contributed by atoms with Crippen molar-refractivity contribution in [3.63, 3.8) is 0 Å². The van der Waals surface area contributed by atoms with Crippen LogP contribution in [0.3, 0.4) is 0 Å². The quantitative estimate of drug-likeness (QED) is 0.573. The highest BCUT2D eigenvalue weighted by Gasteiger charge is 2.31. The average molecular weight is 392 g/mol. The Morgan fingerprint density at radius 1 is 1.07 bits per heavy atom. The van der Waals surface area contributed by atoms with Gasteiger partial charge in [0.25, 0.3) is 5.69 Å².